The summed E-state index contributed by atoms with van der Waals surface area (Å²) in [4.78, 5) is 2.49. The van der Waals surface area contributed by atoms with Crippen molar-refractivity contribution in [3.63, 3.8) is 0 Å². The van der Waals surface area contributed by atoms with Crippen LogP contribution in [0, 0.1) is 5.92 Å². The molecule has 1 saturated heterocycles. The van der Waals surface area contributed by atoms with E-state index in [2.05, 4.69) is 18.7 Å². The summed E-state index contributed by atoms with van der Waals surface area (Å²) in [6.07, 6.45) is 4.96. The molecular weight excluding hydrogens is 202 g/mol. The molecule has 0 aromatic carbocycles. The highest BCUT2D eigenvalue weighted by molar-refractivity contribution is 4.82. The van der Waals surface area contributed by atoms with Gasteiger partial charge in [0.1, 0.15) is 0 Å². The van der Waals surface area contributed by atoms with Crippen molar-refractivity contribution in [2.75, 3.05) is 19.7 Å². The van der Waals surface area contributed by atoms with Crippen molar-refractivity contribution in [3.05, 3.63) is 0 Å². The fourth-order valence-corrected chi connectivity index (χ4v) is 2.93. The third-order valence-corrected chi connectivity index (χ3v) is 4.07. The molecule has 1 heterocycles. The number of hydrogen-bond acceptors (Lipinski definition) is 3. The van der Waals surface area contributed by atoms with Gasteiger partial charge in [0.2, 0.25) is 0 Å². The molecular formula is C13H25NO2. The maximum absolute atomic E-state index is 9.99. The quantitative estimate of drug-likeness (QED) is 0.778. The van der Waals surface area contributed by atoms with Gasteiger partial charge >= 0.3 is 0 Å². The van der Waals surface area contributed by atoms with Crippen LogP contribution in [0.25, 0.3) is 0 Å². The third-order valence-electron chi connectivity index (χ3n) is 4.07. The molecule has 2 rings (SSSR count). The number of aliphatic hydroxyl groups excluding tert-OH is 1. The largest absolute Gasteiger partial charge is 0.393 e. The first-order valence-electron chi connectivity index (χ1n) is 6.70. The second-order valence-electron chi connectivity index (χ2n) is 5.56. The van der Waals surface area contributed by atoms with Gasteiger partial charge in [-0.05, 0) is 32.6 Å². The second-order valence-corrected chi connectivity index (χ2v) is 5.56. The summed E-state index contributed by atoms with van der Waals surface area (Å²) in [7, 11) is 0. The van der Waals surface area contributed by atoms with Gasteiger partial charge in [0.25, 0.3) is 0 Å². The zero-order valence-corrected chi connectivity index (χ0v) is 10.6. The summed E-state index contributed by atoms with van der Waals surface area (Å²) in [5, 5.41) is 9.99. The van der Waals surface area contributed by atoms with Crippen molar-refractivity contribution >= 4 is 0 Å². The van der Waals surface area contributed by atoms with Gasteiger partial charge in [0.15, 0.2) is 0 Å². The number of rotatable bonds is 2. The molecule has 0 aromatic rings. The molecule has 3 nitrogen and oxygen atoms in total. The highest BCUT2D eigenvalue weighted by atomic mass is 16.5. The topological polar surface area (TPSA) is 32.7 Å². The first-order chi connectivity index (χ1) is 7.66. The maximum Gasteiger partial charge on any atom is 0.0674 e. The highest BCUT2D eigenvalue weighted by Crippen LogP contribution is 2.26. The van der Waals surface area contributed by atoms with Crippen LogP contribution in [0.2, 0.25) is 0 Å². The maximum atomic E-state index is 9.99. The van der Waals surface area contributed by atoms with E-state index in [4.69, 9.17) is 4.74 Å². The molecule has 1 N–H and O–H groups in total. The average molecular weight is 227 g/mol. The molecule has 2 aliphatic rings. The summed E-state index contributed by atoms with van der Waals surface area (Å²) in [6, 6.07) is 0.505. The Morgan fingerprint density at radius 2 is 2.00 bits per heavy atom. The van der Waals surface area contributed by atoms with Crippen LogP contribution in [0.15, 0.2) is 0 Å². The summed E-state index contributed by atoms with van der Waals surface area (Å²) >= 11 is 0. The van der Waals surface area contributed by atoms with E-state index in [0.29, 0.717) is 18.1 Å². The Balaban J connectivity index is 1.86. The van der Waals surface area contributed by atoms with E-state index in [1.807, 2.05) is 0 Å². The van der Waals surface area contributed by atoms with E-state index >= 15 is 0 Å². The number of hydrogen-bond donors (Lipinski definition) is 1. The van der Waals surface area contributed by atoms with Crippen LogP contribution in [0.3, 0.4) is 0 Å². The lowest BCUT2D eigenvalue weighted by atomic mass is 9.86. The fourth-order valence-electron chi connectivity index (χ4n) is 2.93. The number of aliphatic hydroxyl groups is 1. The van der Waals surface area contributed by atoms with Gasteiger partial charge in [-0.3, -0.25) is 4.90 Å². The molecule has 0 spiro atoms. The Labute approximate surface area is 98.8 Å². The number of ether oxygens (including phenoxy) is 1. The summed E-state index contributed by atoms with van der Waals surface area (Å²) in [6.45, 7) is 7.27. The lowest BCUT2D eigenvalue weighted by Crippen LogP contribution is -2.50. The molecule has 16 heavy (non-hydrogen) atoms. The van der Waals surface area contributed by atoms with Crippen molar-refractivity contribution in [1.82, 2.24) is 4.90 Å². The van der Waals surface area contributed by atoms with Gasteiger partial charge in [-0.15, -0.1) is 0 Å². The molecule has 4 unspecified atom stereocenters. The average Bonchev–Trinajstić information content (AvgIpc) is 2.27. The van der Waals surface area contributed by atoms with E-state index in [9.17, 15) is 5.11 Å². The van der Waals surface area contributed by atoms with Gasteiger partial charge in [0.05, 0.1) is 18.8 Å². The Kier molecular flexibility index (Phi) is 4.22. The van der Waals surface area contributed by atoms with E-state index in [-0.39, 0.29) is 6.10 Å². The molecule has 0 aromatic heterocycles. The summed E-state index contributed by atoms with van der Waals surface area (Å²) < 4.78 is 5.63. The first-order valence-corrected chi connectivity index (χ1v) is 6.70. The highest BCUT2D eigenvalue weighted by Gasteiger charge is 2.29. The van der Waals surface area contributed by atoms with Gasteiger partial charge in [0, 0.05) is 19.1 Å². The molecule has 2 fully saturated rings. The molecule has 1 aliphatic heterocycles. The Hall–Kier alpha value is -0.120. The first kappa shape index (κ1) is 12.3. The molecule has 0 bridgehead atoms. The molecule has 0 amide bonds. The van der Waals surface area contributed by atoms with Gasteiger partial charge in [-0.1, -0.05) is 12.8 Å². The van der Waals surface area contributed by atoms with Crippen LogP contribution >= 0.6 is 0 Å². The lowest BCUT2D eigenvalue weighted by molar-refractivity contribution is -0.0649. The van der Waals surface area contributed by atoms with E-state index < -0.39 is 0 Å². The van der Waals surface area contributed by atoms with Gasteiger partial charge in [-0.25, -0.2) is 0 Å². The predicted octanol–water partition coefficient (Wildman–Crippen LogP) is 1.65. The summed E-state index contributed by atoms with van der Waals surface area (Å²) in [5.41, 5.74) is 0. The van der Waals surface area contributed by atoms with E-state index in [1.54, 1.807) is 0 Å². The minimum Gasteiger partial charge on any atom is -0.393 e. The minimum atomic E-state index is -0.0703. The molecule has 0 radical (unpaired) electrons. The van der Waals surface area contributed by atoms with Crippen molar-refractivity contribution in [3.8, 4) is 0 Å². The fraction of sp³-hybridized carbons (Fsp3) is 1.00. The normalized spacial score (nSPS) is 42.2. The minimum absolute atomic E-state index is 0.0703. The molecule has 94 valence electrons. The van der Waals surface area contributed by atoms with Crippen molar-refractivity contribution < 1.29 is 9.84 Å². The second kappa shape index (κ2) is 5.48. The van der Waals surface area contributed by atoms with Crippen LogP contribution in [-0.2, 0) is 4.74 Å². The zero-order valence-electron chi connectivity index (χ0n) is 10.6. The number of nitrogens with zero attached hydrogens (tertiary/aromatic N) is 1. The van der Waals surface area contributed by atoms with Crippen LogP contribution in [0.4, 0.5) is 0 Å². The zero-order chi connectivity index (χ0) is 11.5. The molecule has 4 atom stereocenters. The lowest BCUT2D eigenvalue weighted by Gasteiger charge is -2.40. The van der Waals surface area contributed by atoms with Crippen LogP contribution in [-0.4, -0.2) is 48.0 Å². The Bertz CT molecular complexity index is 222. The molecule has 3 heteroatoms. The summed E-state index contributed by atoms with van der Waals surface area (Å²) in [5.74, 6) is 0.487. The van der Waals surface area contributed by atoms with Gasteiger partial charge < -0.3 is 9.84 Å². The van der Waals surface area contributed by atoms with Crippen LogP contribution in [0.5, 0.6) is 0 Å². The van der Waals surface area contributed by atoms with Crippen molar-refractivity contribution in [2.45, 2.75) is 57.8 Å². The molecule has 1 aliphatic carbocycles. The Morgan fingerprint density at radius 3 is 2.75 bits per heavy atom. The molecule has 1 saturated carbocycles. The van der Waals surface area contributed by atoms with Crippen LogP contribution < -0.4 is 0 Å². The van der Waals surface area contributed by atoms with Crippen molar-refractivity contribution in [1.29, 1.82) is 0 Å². The monoisotopic (exact) mass is 227 g/mol. The van der Waals surface area contributed by atoms with E-state index in [0.717, 1.165) is 26.1 Å². The van der Waals surface area contributed by atoms with Gasteiger partial charge in [-0.2, -0.15) is 0 Å². The SMILES string of the molecule is CC1CN(CC2CCCCC2O)C(C)CO1. The van der Waals surface area contributed by atoms with Crippen LogP contribution in [0.1, 0.15) is 39.5 Å². The van der Waals surface area contributed by atoms with Crippen molar-refractivity contribution in [2.24, 2.45) is 5.92 Å². The third kappa shape index (κ3) is 2.96. The standard InChI is InChI=1S/C13H25NO2/c1-10-9-16-11(2)7-14(10)8-12-5-3-4-6-13(12)15/h10-13,15H,3-9H2,1-2H3. The Morgan fingerprint density at radius 1 is 1.25 bits per heavy atom. The van der Waals surface area contributed by atoms with E-state index in [1.165, 1.54) is 19.3 Å². The predicted molar refractivity (Wildman–Crippen MR) is 64.4 cm³/mol. The smallest absolute Gasteiger partial charge is 0.0674 e. The number of morpholine rings is 1.